The summed E-state index contributed by atoms with van der Waals surface area (Å²) in [6.07, 6.45) is -2.65. The van der Waals surface area contributed by atoms with Crippen molar-refractivity contribution in [3.8, 4) is 33.8 Å². The molecule has 0 bridgehead atoms. The molecular formula is C28H24F3N3O2S. The highest BCUT2D eigenvalue weighted by molar-refractivity contribution is 7.89. The Morgan fingerprint density at radius 2 is 1.46 bits per heavy atom. The van der Waals surface area contributed by atoms with Crippen molar-refractivity contribution >= 4 is 10.0 Å². The lowest BCUT2D eigenvalue weighted by atomic mass is 10.0. The molecule has 0 aliphatic heterocycles. The normalized spacial score (nSPS) is 14.2. The first kappa shape index (κ1) is 25.1. The van der Waals surface area contributed by atoms with Gasteiger partial charge in [0, 0.05) is 24.3 Å². The van der Waals surface area contributed by atoms with E-state index in [4.69, 9.17) is 4.98 Å². The molecular weight excluding hydrogens is 499 g/mol. The van der Waals surface area contributed by atoms with E-state index < -0.39 is 21.8 Å². The van der Waals surface area contributed by atoms with E-state index in [9.17, 15) is 21.6 Å². The summed E-state index contributed by atoms with van der Waals surface area (Å²) in [6, 6.07) is 20.8. The highest BCUT2D eigenvalue weighted by Gasteiger charge is 2.35. The zero-order chi connectivity index (χ0) is 26.4. The molecule has 190 valence electrons. The van der Waals surface area contributed by atoms with Crippen molar-refractivity contribution in [3.05, 3.63) is 90.1 Å². The number of pyridine rings is 2. The predicted octanol–water partition coefficient (Wildman–Crippen LogP) is 6.59. The highest BCUT2D eigenvalue weighted by Crippen LogP contribution is 2.33. The zero-order valence-electron chi connectivity index (χ0n) is 20.2. The minimum Gasteiger partial charge on any atom is -0.251 e. The Bertz CT molecular complexity index is 1560. The number of hydrogen-bond acceptors (Lipinski definition) is 4. The Morgan fingerprint density at radius 3 is 2.14 bits per heavy atom. The predicted molar refractivity (Wildman–Crippen MR) is 136 cm³/mol. The minimum atomic E-state index is -4.40. The fraction of sp³-hybridized carbons (Fsp3) is 0.214. The molecule has 2 aromatic heterocycles. The Balaban J connectivity index is 1.48. The van der Waals surface area contributed by atoms with Crippen LogP contribution < -0.4 is 0 Å². The van der Waals surface area contributed by atoms with Crippen molar-refractivity contribution in [2.75, 3.05) is 7.05 Å². The van der Waals surface area contributed by atoms with E-state index in [0.717, 1.165) is 30.5 Å². The number of alkyl halides is 3. The second-order valence-corrected chi connectivity index (χ2v) is 11.1. The van der Waals surface area contributed by atoms with Gasteiger partial charge >= 0.3 is 6.18 Å². The van der Waals surface area contributed by atoms with E-state index >= 15 is 0 Å². The molecule has 5 nitrogen and oxygen atoms in total. The van der Waals surface area contributed by atoms with Gasteiger partial charge in [-0.1, -0.05) is 30.3 Å². The van der Waals surface area contributed by atoms with Crippen LogP contribution in [0.2, 0.25) is 0 Å². The van der Waals surface area contributed by atoms with Gasteiger partial charge in [0.15, 0.2) is 0 Å². The van der Waals surface area contributed by atoms with Crippen molar-refractivity contribution in [1.82, 2.24) is 14.3 Å². The van der Waals surface area contributed by atoms with Crippen LogP contribution in [-0.4, -0.2) is 35.8 Å². The number of benzene rings is 2. The molecule has 0 radical (unpaired) electrons. The summed E-state index contributed by atoms with van der Waals surface area (Å²) in [5.74, 6) is 0. The lowest BCUT2D eigenvalue weighted by molar-refractivity contribution is -0.137. The number of sulfonamides is 1. The van der Waals surface area contributed by atoms with Crippen molar-refractivity contribution in [2.45, 2.75) is 36.9 Å². The van der Waals surface area contributed by atoms with Crippen molar-refractivity contribution < 1.29 is 21.6 Å². The summed E-state index contributed by atoms with van der Waals surface area (Å²) in [7, 11) is -1.99. The van der Waals surface area contributed by atoms with E-state index in [1.165, 1.54) is 16.4 Å². The second kappa shape index (κ2) is 9.39. The quantitative estimate of drug-likeness (QED) is 0.286. The zero-order valence-corrected chi connectivity index (χ0v) is 21.0. The van der Waals surface area contributed by atoms with Crippen LogP contribution in [-0.2, 0) is 16.2 Å². The molecule has 4 aromatic rings. The van der Waals surface area contributed by atoms with Gasteiger partial charge in [-0.25, -0.2) is 13.4 Å². The van der Waals surface area contributed by atoms with Gasteiger partial charge in [0.05, 0.1) is 27.5 Å². The lowest BCUT2D eigenvalue weighted by Gasteiger charge is -2.17. The maximum absolute atomic E-state index is 13.0. The van der Waals surface area contributed by atoms with Crippen LogP contribution in [0.1, 0.15) is 24.1 Å². The molecule has 5 rings (SSSR count). The Labute approximate surface area is 213 Å². The monoisotopic (exact) mass is 523 g/mol. The van der Waals surface area contributed by atoms with E-state index in [1.807, 2.05) is 13.0 Å². The van der Waals surface area contributed by atoms with Gasteiger partial charge in [-0.3, -0.25) is 4.98 Å². The number of halogens is 3. The standard InChI is InChI=1S/C28H24F3N3O2S/c1-18-15-21(19-9-11-22(12-10-19)28(29,30)31)17-27(32-18)26-8-4-7-25(33-26)20-5-3-6-24(16-20)37(35,36)34(2)23-13-14-23/h3-12,15-17,23H,13-14H2,1-2H3. The minimum absolute atomic E-state index is 0.0568. The van der Waals surface area contributed by atoms with Crippen LogP contribution in [0.4, 0.5) is 13.2 Å². The van der Waals surface area contributed by atoms with Crippen molar-refractivity contribution in [1.29, 1.82) is 0 Å². The lowest BCUT2D eigenvalue weighted by Crippen LogP contribution is -2.28. The maximum atomic E-state index is 13.0. The molecule has 0 N–H and O–H groups in total. The Kier molecular flexibility index (Phi) is 6.37. The van der Waals surface area contributed by atoms with Gasteiger partial charge in [0.2, 0.25) is 10.0 Å². The fourth-order valence-electron chi connectivity index (χ4n) is 4.17. The number of hydrogen-bond donors (Lipinski definition) is 0. The number of rotatable bonds is 6. The first-order valence-electron chi connectivity index (χ1n) is 11.7. The van der Waals surface area contributed by atoms with E-state index in [0.29, 0.717) is 33.9 Å². The fourth-order valence-corrected chi connectivity index (χ4v) is 5.64. The van der Waals surface area contributed by atoms with Crippen LogP contribution in [0.5, 0.6) is 0 Å². The summed E-state index contributed by atoms with van der Waals surface area (Å²) in [5, 5.41) is 0. The van der Waals surface area contributed by atoms with Crippen LogP contribution in [0, 0.1) is 6.92 Å². The molecule has 0 amide bonds. The summed E-state index contributed by atoms with van der Waals surface area (Å²) in [5.41, 5.74) is 3.71. The average Bonchev–Trinajstić information content (AvgIpc) is 3.73. The molecule has 9 heteroatoms. The van der Waals surface area contributed by atoms with Gasteiger partial charge in [-0.15, -0.1) is 0 Å². The van der Waals surface area contributed by atoms with Crippen LogP contribution in [0.25, 0.3) is 33.8 Å². The van der Waals surface area contributed by atoms with Crippen LogP contribution in [0.3, 0.4) is 0 Å². The van der Waals surface area contributed by atoms with Crippen molar-refractivity contribution in [3.63, 3.8) is 0 Å². The molecule has 0 spiro atoms. The molecule has 2 aromatic carbocycles. The smallest absolute Gasteiger partial charge is 0.251 e. The van der Waals surface area contributed by atoms with E-state index in [-0.39, 0.29) is 10.9 Å². The number of nitrogens with zero attached hydrogens (tertiary/aromatic N) is 3. The third-order valence-electron chi connectivity index (χ3n) is 6.38. The summed E-state index contributed by atoms with van der Waals surface area (Å²) < 4.78 is 66.3. The Hall–Kier alpha value is -3.56. The maximum Gasteiger partial charge on any atom is 0.416 e. The third kappa shape index (κ3) is 5.28. The van der Waals surface area contributed by atoms with Gasteiger partial charge in [-0.05, 0) is 79.4 Å². The molecule has 0 unspecified atom stereocenters. The molecule has 2 heterocycles. The molecule has 1 saturated carbocycles. The molecule has 1 aliphatic rings. The first-order chi connectivity index (χ1) is 17.5. The summed E-state index contributed by atoms with van der Waals surface area (Å²) in [4.78, 5) is 9.53. The van der Waals surface area contributed by atoms with Gasteiger partial charge < -0.3 is 0 Å². The highest BCUT2D eigenvalue weighted by atomic mass is 32.2. The second-order valence-electron chi connectivity index (χ2n) is 9.15. The van der Waals surface area contributed by atoms with E-state index in [1.54, 1.807) is 55.6 Å². The van der Waals surface area contributed by atoms with Gasteiger partial charge in [0.1, 0.15) is 0 Å². The molecule has 37 heavy (non-hydrogen) atoms. The third-order valence-corrected chi connectivity index (χ3v) is 8.28. The summed E-state index contributed by atoms with van der Waals surface area (Å²) >= 11 is 0. The molecule has 1 fully saturated rings. The molecule has 0 atom stereocenters. The average molecular weight is 524 g/mol. The topological polar surface area (TPSA) is 63.2 Å². The first-order valence-corrected chi connectivity index (χ1v) is 13.2. The van der Waals surface area contributed by atoms with Crippen molar-refractivity contribution in [2.24, 2.45) is 0 Å². The molecule has 0 saturated heterocycles. The number of aryl methyl sites for hydroxylation is 1. The molecule has 1 aliphatic carbocycles. The SMILES string of the molecule is Cc1cc(-c2ccc(C(F)(F)F)cc2)cc(-c2cccc(-c3cccc(S(=O)(=O)N(C)C4CC4)c3)n2)n1. The summed E-state index contributed by atoms with van der Waals surface area (Å²) in [6.45, 7) is 1.81. The van der Waals surface area contributed by atoms with Crippen LogP contribution >= 0.6 is 0 Å². The number of aromatic nitrogens is 2. The van der Waals surface area contributed by atoms with Crippen LogP contribution in [0.15, 0.2) is 83.8 Å². The largest absolute Gasteiger partial charge is 0.416 e. The van der Waals surface area contributed by atoms with E-state index in [2.05, 4.69) is 4.98 Å². The Morgan fingerprint density at radius 1 is 0.784 bits per heavy atom. The van der Waals surface area contributed by atoms with Gasteiger partial charge in [-0.2, -0.15) is 17.5 Å². The van der Waals surface area contributed by atoms with Gasteiger partial charge in [0.25, 0.3) is 0 Å².